The summed E-state index contributed by atoms with van der Waals surface area (Å²) in [7, 11) is 0. The molecule has 7 heteroatoms. The fourth-order valence-electron chi connectivity index (χ4n) is 3.09. The van der Waals surface area contributed by atoms with Gasteiger partial charge >= 0.3 is 0 Å². The molecular weight excluding hydrogens is 401 g/mol. The number of aromatic nitrogens is 3. The molecule has 30 heavy (non-hydrogen) atoms. The molecule has 0 spiro atoms. The Morgan fingerprint density at radius 1 is 1.17 bits per heavy atom. The number of fused-ring (bicyclic) bond motifs is 2. The number of halogens is 1. The molecule has 0 amide bonds. The molecule has 0 aliphatic rings. The highest BCUT2D eigenvalue weighted by Gasteiger charge is 2.16. The van der Waals surface area contributed by atoms with E-state index in [1.54, 1.807) is 12.3 Å². The summed E-state index contributed by atoms with van der Waals surface area (Å²) in [5.41, 5.74) is 4.01. The van der Waals surface area contributed by atoms with Crippen molar-refractivity contribution in [1.82, 2.24) is 15.0 Å². The van der Waals surface area contributed by atoms with Crippen molar-refractivity contribution in [2.45, 2.75) is 40.2 Å². The standard InChI is InChI=1S/C23H23FN3O2S/c1-5-7-28-21-12-25-22-15(8-13(3)9-18(22)26-21)23-27-17-10-16(24)19(11-20(17)30-23)29-14(4)6-2/h6,8-12,14H,5,7H2,1-4H3/t14-/m0/s1. The minimum Gasteiger partial charge on any atom is -0.487 e. The summed E-state index contributed by atoms with van der Waals surface area (Å²) >= 11 is 1.48. The average molecular weight is 425 g/mol. The molecule has 5 nitrogen and oxygen atoms in total. The third-order valence-electron chi connectivity index (χ3n) is 4.68. The van der Waals surface area contributed by atoms with E-state index in [0.717, 1.165) is 38.3 Å². The molecule has 4 aromatic rings. The van der Waals surface area contributed by atoms with Crippen molar-refractivity contribution in [3.8, 4) is 22.2 Å². The van der Waals surface area contributed by atoms with Crippen LogP contribution < -0.4 is 9.47 Å². The molecule has 0 bridgehead atoms. The fraction of sp³-hybridized carbons (Fsp3) is 0.304. The first kappa shape index (κ1) is 20.5. The number of ether oxygens (including phenoxy) is 2. The van der Waals surface area contributed by atoms with Crippen LogP contribution in [-0.2, 0) is 0 Å². The molecule has 2 aromatic heterocycles. The maximum atomic E-state index is 14.5. The molecule has 0 saturated carbocycles. The first-order valence-corrected chi connectivity index (χ1v) is 10.8. The number of benzene rings is 2. The lowest BCUT2D eigenvalue weighted by Gasteiger charge is -2.12. The summed E-state index contributed by atoms with van der Waals surface area (Å²) in [5, 5.41) is 0.766. The normalized spacial score (nSPS) is 12.4. The minimum atomic E-state index is -0.417. The second-order valence-corrected chi connectivity index (χ2v) is 8.19. The third-order valence-corrected chi connectivity index (χ3v) is 5.73. The van der Waals surface area contributed by atoms with E-state index in [1.165, 1.54) is 17.4 Å². The lowest BCUT2D eigenvalue weighted by Crippen LogP contribution is -2.11. The predicted molar refractivity (Wildman–Crippen MR) is 119 cm³/mol. The quantitative estimate of drug-likeness (QED) is 0.357. The molecule has 1 radical (unpaired) electrons. The highest BCUT2D eigenvalue weighted by molar-refractivity contribution is 7.21. The van der Waals surface area contributed by atoms with E-state index in [-0.39, 0.29) is 11.9 Å². The number of hydrogen-bond acceptors (Lipinski definition) is 6. The molecule has 0 unspecified atom stereocenters. The average Bonchev–Trinajstić information content (AvgIpc) is 3.13. The number of aryl methyl sites for hydroxylation is 1. The Hall–Kier alpha value is -2.80. The van der Waals surface area contributed by atoms with Crippen LogP contribution in [0.1, 0.15) is 32.8 Å². The van der Waals surface area contributed by atoms with Gasteiger partial charge in [0.2, 0.25) is 5.88 Å². The zero-order chi connectivity index (χ0) is 21.3. The Labute approximate surface area is 178 Å². The zero-order valence-electron chi connectivity index (χ0n) is 17.4. The van der Waals surface area contributed by atoms with Crippen molar-refractivity contribution in [1.29, 1.82) is 0 Å². The Morgan fingerprint density at radius 2 is 2.00 bits per heavy atom. The Morgan fingerprint density at radius 3 is 2.77 bits per heavy atom. The van der Waals surface area contributed by atoms with Gasteiger partial charge in [-0.1, -0.05) is 13.8 Å². The van der Waals surface area contributed by atoms with Crippen LogP contribution >= 0.6 is 11.3 Å². The van der Waals surface area contributed by atoms with Crippen molar-refractivity contribution < 1.29 is 13.9 Å². The molecule has 2 heterocycles. The van der Waals surface area contributed by atoms with Gasteiger partial charge in [0.1, 0.15) is 5.01 Å². The lowest BCUT2D eigenvalue weighted by atomic mass is 10.1. The van der Waals surface area contributed by atoms with E-state index in [1.807, 2.05) is 46.2 Å². The third kappa shape index (κ3) is 4.07. The van der Waals surface area contributed by atoms with Crippen molar-refractivity contribution in [2.24, 2.45) is 0 Å². The summed E-state index contributed by atoms with van der Waals surface area (Å²) in [6, 6.07) is 7.15. The Kier molecular flexibility index (Phi) is 5.81. The van der Waals surface area contributed by atoms with Crippen molar-refractivity contribution in [2.75, 3.05) is 6.61 Å². The Bertz CT molecular complexity index is 1210. The lowest BCUT2D eigenvalue weighted by molar-refractivity contribution is 0.243. The van der Waals surface area contributed by atoms with Gasteiger partial charge < -0.3 is 9.47 Å². The van der Waals surface area contributed by atoms with Crippen molar-refractivity contribution in [3.05, 3.63) is 48.3 Å². The molecule has 0 aliphatic carbocycles. The first-order valence-electron chi connectivity index (χ1n) is 9.95. The van der Waals surface area contributed by atoms with Gasteiger partial charge in [-0.05, 0) is 44.4 Å². The topological polar surface area (TPSA) is 57.1 Å². The number of hydrogen-bond donors (Lipinski definition) is 0. The van der Waals surface area contributed by atoms with Crippen LogP contribution in [0.2, 0.25) is 0 Å². The van der Waals surface area contributed by atoms with E-state index in [2.05, 4.69) is 15.0 Å². The van der Waals surface area contributed by atoms with Gasteiger partial charge in [-0.15, -0.1) is 11.3 Å². The van der Waals surface area contributed by atoms with Crippen LogP contribution in [-0.4, -0.2) is 27.7 Å². The minimum absolute atomic E-state index is 0.176. The summed E-state index contributed by atoms with van der Waals surface area (Å²) in [6.07, 6.45) is 4.24. The monoisotopic (exact) mass is 424 g/mol. The van der Waals surface area contributed by atoms with E-state index >= 15 is 0 Å². The smallest absolute Gasteiger partial charge is 0.232 e. The van der Waals surface area contributed by atoms with Crippen LogP contribution in [0.25, 0.3) is 31.8 Å². The predicted octanol–water partition coefficient (Wildman–Crippen LogP) is 6.13. The van der Waals surface area contributed by atoms with Gasteiger partial charge in [0.05, 0.1) is 40.2 Å². The molecule has 0 N–H and O–H groups in total. The van der Waals surface area contributed by atoms with Gasteiger partial charge in [-0.3, -0.25) is 0 Å². The molecule has 4 rings (SSSR count). The van der Waals surface area contributed by atoms with Gasteiger partial charge in [0.15, 0.2) is 11.6 Å². The van der Waals surface area contributed by atoms with Crippen LogP contribution in [0.15, 0.2) is 30.5 Å². The Balaban J connectivity index is 1.79. The second-order valence-electron chi connectivity index (χ2n) is 7.16. The van der Waals surface area contributed by atoms with Crippen LogP contribution in [0.5, 0.6) is 11.6 Å². The maximum Gasteiger partial charge on any atom is 0.232 e. The van der Waals surface area contributed by atoms with Gasteiger partial charge in [0.25, 0.3) is 0 Å². The largest absolute Gasteiger partial charge is 0.487 e. The van der Waals surface area contributed by atoms with Crippen LogP contribution in [0.3, 0.4) is 0 Å². The van der Waals surface area contributed by atoms with E-state index in [4.69, 9.17) is 9.47 Å². The molecular formula is C23H23FN3O2S. The molecule has 2 aromatic carbocycles. The molecule has 155 valence electrons. The second kappa shape index (κ2) is 8.52. The van der Waals surface area contributed by atoms with Gasteiger partial charge in [-0.2, -0.15) is 0 Å². The van der Waals surface area contributed by atoms with Crippen LogP contribution in [0.4, 0.5) is 4.39 Å². The zero-order valence-corrected chi connectivity index (χ0v) is 18.2. The van der Waals surface area contributed by atoms with E-state index < -0.39 is 5.82 Å². The van der Waals surface area contributed by atoms with Crippen molar-refractivity contribution in [3.63, 3.8) is 0 Å². The van der Waals surface area contributed by atoms with Gasteiger partial charge in [0, 0.05) is 17.7 Å². The summed E-state index contributed by atoms with van der Waals surface area (Å²) in [6.45, 7) is 8.41. The van der Waals surface area contributed by atoms with Crippen molar-refractivity contribution >= 4 is 32.6 Å². The fourth-order valence-corrected chi connectivity index (χ4v) is 4.08. The highest BCUT2D eigenvalue weighted by Crippen LogP contribution is 2.37. The first-order chi connectivity index (χ1) is 14.5. The van der Waals surface area contributed by atoms with E-state index in [0.29, 0.717) is 18.0 Å². The summed E-state index contributed by atoms with van der Waals surface area (Å²) in [4.78, 5) is 13.8. The number of nitrogens with zero attached hydrogens (tertiary/aromatic N) is 3. The molecule has 0 saturated heterocycles. The maximum absolute atomic E-state index is 14.5. The highest BCUT2D eigenvalue weighted by atomic mass is 32.1. The molecule has 0 aliphatic heterocycles. The SMILES string of the molecule is C[CH][C@H](C)Oc1cc2sc(-c3cc(C)cc4nc(OCCC)cnc34)nc2cc1F. The van der Waals surface area contributed by atoms with Crippen LogP contribution in [0, 0.1) is 19.2 Å². The molecule has 0 fully saturated rings. The molecule has 1 atom stereocenters. The summed E-state index contributed by atoms with van der Waals surface area (Å²) in [5.74, 6) is 0.325. The van der Waals surface area contributed by atoms with E-state index in [9.17, 15) is 4.39 Å². The number of rotatable bonds is 7. The number of thiazole rings is 1. The summed E-state index contributed by atoms with van der Waals surface area (Å²) < 4.78 is 26.6. The van der Waals surface area contributed by atoms with Gasteiger partial charge in [-0.25, -0.2) is 19.3 Å².